The largest absolute Gasteiger partial charge is 2.00 e. The van der Waals surface area contributed by atoms with Gasteiger partial charge in [0, 0.05) is 12.1 Å². The van der Waals surface area contributed by atoms with E-state index in [0.29, 0.717) is 12.1 Å². The van der Waals surface area contributed by atoms with Crippen LogP contribution in [0.1, 0.15) is 37.5 Å². The molecule has 60 valence electrons. The third-order valence-corrected chi connectivity index (χ3v) is 1.69. The molecule has 0 atom stereocenters. The van der Waals surface area contributed by atoms with Gasteiger partial charge in [0.2, 0.25) is 0 Å². The minimum atomic E-state index is 0. The molecule has 0 rings (SSSR count). The zero-order valence-electron chi connectivity index (χ0n) is 10.0. The van der Waals surface area contributed by atoms with Crippen LogP contribution in [0.2, 0.25) is 0 Å². The standard InChI is InChI=1S/C8H19N.Mg.2H/c1-6-9(7(2)3)8(4)5;;;/h7-8H,6H2,1-5H3;;;/q;+2;2*-1. The van der Waals surface area contributed by atoms with E-state index in [2.05, 4.69) is 39.5 Å². The van der Waals surface area contributed by atoms with E-state index in [1.54, 1.807) is 0 Å². The van der Waals surface area contributed by atoms with Gasteiger partial charge in [0.15, 0.2) is 0 Å². The summed E-state index contributed by atoms with van der Waals surface area (Å²) in [5.74, 6) is 0. The SMILES string of the molecule is CCN(C(C)C)C(C)C.[H-].[H-].[Mg+2]. The van der Waals surface area contributed by atoms with Crippen molar-refractivity contribution in [1.82, 2.24) is 4.90 Å². The molecule has 0 amide bonds. The Labute approximate surface area is 84.3 Å². The van der Waals surface area contributed by atoms with Crippen molar-refractivity contribution >= 4 is 23.1 Å². The molecule has 1 nitrogen and oxygen atoms in total. The normalized spacial score (nSPS) is 10.8. The van der Waals surface area contributed by atoms with E-state index >= 15 is 0 Å². The maximum Gasteiger partial charge on any atom is 2.00 e. The van der Waals surface area contributed by atoms with Gasteiger partial charge in [-0.2, -0.15) is 0 Å². The summed E-state index contributed by atoms with van der Waals surface area (Å²) >= 11 is 0. The Balaban J connectivity index is -0.000000107. The zero-order chi connectivity index (χ0) is 7.44. The maximum absolute atomic E-state index is 2.46. The van der Waals surface area contributed by atoms with Gasteiger partial charge in [-0.3, -0.25) is 4.90 Å². The first-order chi connectivity index (χ1) is 4.09. The van der Waals surface area contributed by atoms with E-state index < -0.39 is 0 Å². The molecule has 0 bridgehead atoms. The first kappa shape index (κ1) is 13.3. The number of nitrogens with zero attached hydrogens (tertiary/aromatic N) is 1. The van der Waals surface area contributed by atoms with Crippen LogP contribution < -0.4 is 0 Å². The number of hydrogen-bond donors (Lipinski definition) is 0. The van der Waals surface area contributed by atoms with E-state index in [-0.39, 0.29) is 25.9 Å². The molecule has 0 heterocycles. The van der Waals surface area contributed by atoms with Gasteiger partial charge >= 0.3 is 23.1 Å². The summed E-state index contributed by atoms with van der Waals surface area (Å²) in [4.78, 5) is 2.46. The van der Waals surface area contributed by atoms with Gasteiger partial charge in [0.1, 0.15) is 0 Å². The van der Waals surface area contributed by atoms with E-state index in [1.807, 2.05) is 0 Å². The first-order valence-electron chi connectivity index (χ1n) is 3.85. The molecule has 0 aliphatic rings. The number of rotatable bonds is 3. The summed E-state index contributed by atoms with van der Waals surface area (Å²) in [6.45, 7) is 12.3. The van der Waals surface area contributed by atoms with Crippen LogP contribution in [0.3, 0.4) is 0 Å². The molecule has 0 saturated carbocycles. The van der Waals surface area contributed by atoms with Gasteiger partial charge in [0.05, 0.1) is 0 Å². The molecule has 10 heavy (non-hydrogen) atoms. The quantitative estimate of drug-likeness (QED) is 0.564. The van der Waals surface area contributed by atoms with Crippen molar-refractivity contribution in [3.05, 3.63) is 0 Å². The summed E-state index contributed by atoms with van der Waals surface area (Å²) in [5.41, 5.74) is 0. The van der Waals surface area contributed by atoms with E-state index in [0.717, 1.165) is 6.54 Å². The van der Waals surface area contributed by atoms with Gasteiger partial charge < -0.3 is 2.85 Å². The van der Waals surface area contributed by atoms with E-state index in [1.165, 1.54) is 0 Å². The van der Waals surface area contributed by atoms with Crippen LogP contribution in [-0.4, -0.2) is 46.6 Å². The maximum atomic E-state index is 2.46. The van der Waals surface area contributed by atoms with Crippen LogP contribution in [0.4, 0.5) is 0 Å². The Kier molecular flexibility index (Phi) is 8.58. The summed E-state index contributed by atoms with van der Waals surface area (Å²) in [6, 6.07) is 1.38. The smallest absolute Gasteiger partial charge is 1.00 e. The molecule has 0 radical (unpaired) electrons. The minimum absolute atomic E-state index is 0. The molecule has 0 N–H and O–H groups in total. The van der Waals surface area contributed by atoms with Gasteiger partial charge in [-0.15, -0.1) is 0 Å². The Morgan fingerprint density at radius 1 is 1.10 bits per heavy atom. The fourth-order valence-electron chi connectivity index (χ4n) is 1.33. The molecule has 0 unspecified atom stereocenters. The van der Waals surface area contributed by atoms with Crippen molar-refractivity contribution in [2.75, 3.05) is 6.54 Å². The van der Waals surface area contributed by atoms with Crippen LogP contribution in [0.15, 0.2) is 0 Å². The molecule has 0 spiro atoms. The van der Waals surface area contributed by atoms with Crippen molar-refractivity contribution in [3.63, 3.8) is 0 Å². The van der Waals surface area contributed by atoms with Gasteiger partial charge in [-0.25, -0.2) is 0 Å². The Hall–Kier alpha value is 0.726. The van der Waals surface area contributed by atoms with Gasteiger partial charge in [-0.1, -0.05) is 6.92 Å². The average molecular weight is 156 g/mol. The van der Waals surface area contributed by atoms with E-state index in [4.69, 9.17) is 0 Å². The fourth-order valence-corrected chi connectivity index (χ4v) is 1.33. The van der Waals surface area contributed by atoms with Crippen LogP contribution in [-0.2, 0) is 0 Å². The Morgan fingerprint density at radius 2 is 1.40 bits per heavy atom. The third kappa shape index (κ3) is 4.53. The molecule has 0 aromatic rings. The molecule has 0 aliphatic heterocycles. The molecule has 2 heteroatoms. The Morgan fingerprint density at radius 3 is 1.40 bits per heavy atom. The van der Waals surface area contributed by atoms with Crippen LogP contribution in [0.5, 0.6) is 0 Å². The van der Waals surface area contributed by atoms with Crippen molar-refractivity contribution < 1.29 is 2.85 Å². The van der Waals surface area contributed by atoms with Crippen molar-refractivity contribution in [2.24, 2.45) is 0 Å². The zero-order valence-corrected chi connectivity index (χ0v) is 9.43. The summed E-state index contributed by atoms with van der Waals surface area (Å²) in [6.07, 6.45) is 0. The first-order valence-corrected chi connectivity index (χ1v) is 3.85. The summed E-state index contributed by atoms with van der Waals surface area (Å²) in [5, 5.41) is 0. The number of hydrogen-bond acceptors (Lipinski definition) is 1. The second-order valence-electron chi connectivity index (χ2n) is 3.02. The second-order valence-corrected chi connectivity index (χ2v) is 3.02. The second kappa shape index (κ2) is 6.44. The topological polar surface area (TPSA) is 3.24 Å². The molecule has 0 aromatic heterocycles. The molecule has 0 aromatic carbocycles. The average Bonchev–Trinajstić information content (AvgIpc) is 1.64. The monoisotopic (exact) mass is 155 g/mol. The Bertz CT molecular complexity index is 71.5. The van der Waals surface area contributed by atoms with Gasteiger partial charge in [-0.05, 0) is 34.2 Å². The molecule has 0 aliphatic carbocycles. The summed E-state index contributed by atoms with van der Waals surface area (Å²) in [7, 11) is 0. The van der Waals surface area contributed by atoms with E-state index in [9.17, 15) is 0 Å². The van der Waals surface area contributed by atoms with Crippen molar-refractivity contribution in [2.45, 2.75) is 46.7 Å². The third-order valence-electron chi connectivity index (χ3n) is 1.69. The predicted octanol–water partition coefficient (Wildman–Crippen LogP) is 1.97. The summed E-state index contributed by atoms with van der Waals surface area (Å²) < 4.78 is 0. The van der Waals surface area contributed by atoms with Gasteiger partial charge in [0.25, 0.3) is 0 Å². The minimum Gasteiger partial charge on any atom is -1.00 e. The molecule has 0 fully saturated rings. The fraction of sp³-hybridized carbons (Fsp3) is 1.00. The molecule has 0 saturated heterocycles. The predicted molar refractivity (Wildman–Crippen MR) is 50.6 cm³/mol. The van der Waals surface area contributed by atoms with Crippen molar-refractivity contribution in [1.29, 1.82) is 0 Å². The molecular formula is C8H21MgN. The van der Waals surface area contributed by atoms with Crippen LogP contribution in [0, 0.1) is 0 Å². The van der Waals surface area contributed by atoms with Crippen molar-refractivity contribution in [3.8, 4) is 0 Å². The van der Waals surface area contributed by atoms with Crippen LogP contribution >= 0.6 is 0 Å². The molecular weight excluding hydrogens is 134 g/mol. The van der Waals surface area contributed by atoms with Crippen LogP contribution in [0.25, 0.3) is 0 Å².